The second-order valence-corrected chi connectivity index (χ2v) is 3.97. The van der Waals surface area contributed by atoms with E-state index in [1.54, 1.807) is 0 Å². The molecule has 0 radical (unpaired) electrons. The van der Waals surface area contributed by atoms with Crippen LogP contribution in [0.1, 0.15) is 25.0 Å². The molecule has 0 saturated carbocycles. The van der Waals surface area contributed by atoms with Crippen LogP contribution < -0.4 is 5.90 Å². The maximum absolute atomic E-state index is 6.06. The van der Waals surface area contributed by atoms with Crippen LogP contribution in [-0.2, 0) is 10.4 Å². The van der Waals surface area contributed by atoms with Gasteiger partial charge in [0.2, 0.25) is 0 Å². The summed E-state index contributed by atoms with van der Waals surface area (Å²) in [5.74, 6) is 5.22. The fourth-order valence-corrected chi connectivity index (χ4v) is 1.90. The van der Waals surface area contributed by atoms with Gasteiger partial charge in [-0.3, -0.25) is 4.84 Å². The topological polar surface area (TPSA) is 35.2 Å². The molecule has 1 aromatic rings. The van der Waals surface area contributed by atoms with Crippen molar-refractivity contribution >= 4 is 11.6 Å². The first-order valence-corrected chi connectivity index (χ1v) is 4.50. The van der Waals surface area contributed by atoms with Crippen molar-refractivity contribution in [3.63, 3.8) is 0 Å². The average molecular weight is 200 g/mol. The molecule has 2 nitrogen and oxygen atoms in total. The molecular formula is C10H14ClNO. The van der Waals surface area contributed by atoms with Crippen molar-refractivity contribution in [2.75, 3.05) is 0 Å². The smallest absolute Gasteiger partial charge is 0.110 e. The van der Waals surface area contributed by atoms with Crippen LogP contribution in [0.4, 0.5) is 0 Å². The summed E-state index contributed by atoms with van der Waals surface area (Å²) in [7, 11) is 0. The average Bonchev–Trinajstić information content (AvgIpc) is 2.03. The molecule has 0 atom stereocenters. The Morgan fingerprint density at radius 3 is 2.46 bits per heavy atom. The van der Waals surface area contributed by atoms with Crippen molar-refractivity contribution in [2.45, 2.75) is 26.4 Å². The van der Waals surface area contributed by atoms with E-state index in [-0.39, 0.29) is 0 Å². The summed E-state index contributed by atoms with van der Waals surface area (Å²) < 4.78 is 0. The maximum atomic E-state index is 6.06. The second kappa shape index (κ2) is 3.66. The first-order valence-electron chi connectivity index (χ1n) is 4.12. The molecule has 2 N–H and O–H groups in total. The Morgan fingerprint density at radius 1 is 1.38 bits per heavy atom. The van der Waals surface area contributed by atoms with E-state index in [2.05, 4.69) is 0 Å². The van der Waals surface area contributed by atoms with Crippen LogP contribution in [0.15, 0.2) is 18.2 Å². The molecule has 0 aliphatic rings. The van der Waals surface area contributed by atoms with Gasteiger partial charge in [-0.1, -0.05) is 23.7 Å². The number of aryl methyl sites for hydroxylation is 1. The predicted molar refractivity (Wildman–Crippen MR) is 54.5 cm³/mol. The number of hydrogen-bond donors (Lipinski definition) is 1. The Bertz CT molecular complexity index is 290. The molecule has 0 aromatic heterocycles. The Labute approximate surface area is 83.6 Å². The third-order valence-electron chi connectivity index (χ3n) is 2.12. The van der Waals surface area contributed by atoms with Crippen molar-refractivity contribution in [3.05, 3.63) is 34.3 Å². The van der Waals surface area contributed by atoms with E-state index in [1.807, 2.05) is 39.0 Å². The molecule has 0 aliphatic heterocycles. The summed E-state index contributed by atoms with van der Waals surface area (Å²) in [4.78, 5) is 4.90. The van der Waals surface area contributed by atoms with Gasteiger partial charge in [0.25, 0.3) is 0 Å². The molecule has 13 heavy (non-hydrogen) atoms. The standard InChI is InChI=1S/C10H14ClNO/c1-7-5-4-6-8(11)9(7)10(2,3)13-12/h4-6H,12H2,1-3H3. The number of benzene rings is 1. The minimum atomic E-state index is -0.539. The molecule has 0 bridgehead atoms. The van der Waals surface area contributed by atoms with Crippen LogP contribution in [0.25, 0.3) is 0 Å². The van der Waals surface area contributed by atoms with Gasteiger partial charge in [-0.05, 0) is 32.4 Å². The maximum Gasteiger partial charge on any atom is 0.110 e. The number of hydrogen-bond acceptors (Lipinski definition) is 2. The van der Waals surface area contributed by atoms with Crippen molar-refractivity contribution in [3.8, 4) is 0 Å². The third kappa shape index (κ3) is 2.02. The van der Waals surface area contributed by atoms with Crippen molar-refractivity contribution < 1.29 is 4.84 Å². The molecule has 0 saturated heterocycles. The minimum Gasteiger partial charge on any atom is -0.294 e. The zero-order valence-corrected chi connectivity index (χ0v) is 8.85. The van der Waals surface area contributed by atoms with Crippen LogP contribution in [0.2, 0.25) is 5.02 Å². The van der Waals surface area contributed by atoms with E-state index in [0.717, 1.165) is 11.1 Å². The van der Waals surface area contributed by atoms with E-state index in [4.69, 9.17) is 22.3 Å². The Balaban J connectivity index is 3.28. The molecule has 1 aromatic carbocycles. The lowest BCUT2D eigenvalue weighted by Gasteiger charge is -2.25. The van der Waals surface area contributed by atoms with Crippen LogP contribution in [-0.4, -0.2) is 0 Å². The fourth-order valence-electron chi connectivity index (χ4n) is 1.45. The minimum absolute atomic E-state index is 0.539. The summed E-state index contributed by atoms with van der Waals surface area (Å²) in [6.07, 6.45) is 0. The lowest BCUT2D eigenvalue weighted by atomic mass is 9.94. The van der Waals surface area contributed by atoms with Crippen LogP contribution in [0.3, 0.4) is 0 Å². The van der Waals surface area contributed by atoms with Gasteiger partial charge >= 0.3 is 0 Å². The van der Waals surface area contributed by atoms with Gasteiger partial charge in [0.1, 0.15) is 5.60 Å². The highest BCUT2D eigenvalue weighted by Gasteiger charge is 2.25. The van der Waals surface area contributed by atoms with Crippen molar-refractivity contribution in [1.82, 2.24) is 0 Å². The molecule has 0 fully saturated rings. The predicted octanol–water partition coefficient (Wildman–Crippen LogP) is 2.77. The molecule has 0 heterocycles. The highest BCUT2D eigenvalue weighted by molar-refractivity contribution is 6.31. The zero-order chi connectivity index (χ0) is 10.1. The summed E-state index contributed by atoms with van der Waals surface area (Å²) in [5, 5.41) is 0.690. The molecule has 0 aliphatic carbocycles. The van der Waals surface area contributed by atoms with Crippen molar-refractivity contribution in [1.29, 1.82) is 0 Å². The normalized spacial score (nSPS) is 11.8. The Hall–Kier alpha value is -0.570. The van der Waals surface area contributed by atoms with Gasteiger partial charge in [0.15, 0.2) is 0 Å². The lowest BCUT2D eigenvalue weighted by Crippen LogP contribution is -2.26. The summed E-state index contributed by atoms with van der Waals surface area (Å²) in [5.41, 5.74) is 1.49. The van der Waals surface area contributed by atoms with Crippen LogP contribution >= 0.6 is 11.6 Å². The van der Waals surface area contributed by atoms with Crippen molar-refractivity contribution in [2.24, 2.45) is 5.90 Å². The van der Waals surface area contributed by atoms with Gasteiger partial charge in [-0.2, -0.15) is 0 Å². The van der Waals surface area contributed by atoms with Gasteiger partial charge < -0.3 is 0 Å². The zero-order valence-electron chi connectivity index (χ0n) is 8.10. The van der Waals surface area contributed by atoms with Gasteiger partial charge in [-0.15, -0.1) is 0 Å². The summed E-state index contributed by atoms with van der Waals surface area (Å²) in [6, 6.07) is 5.74. The van der Waals surface area contributed by atoms with E-state index in [9.17, 15) is 0 Å². The van der Waals surface area contributed by atoms with Gasteiger partial charge in [-0.25, -0.2) is 5.90 Å². The molecule has 0 spiro atoms. The molecular weight excluding hydrogens is 186 g/mol. The number of nitrogens with two attached hydrogens (primary N) is 1. The molecule has 72 valence electrons. The quantitative estimate of drug-likeness (QED) is 0.744. The molecule has 3 heteroatoms. The van der Waals surface area contributed by atoms with Gasteiger partial charge in [0.05, 0.1) is 0 Å². The SMILES string of the molecule is Cc1cccc(Cl)c1C(C)(C)ON. The number of halogens is 1. The summed E-state index contributed by atoms with van der Waals surface area (Å²) >= 11 is 6.06. The first-order chi connectivity index (χ1) is 5.99. The van der Waals surface area contributed by atoms with Crippen LogP contribution in [0.5, 0.6) is 0 Å². The van der Waals surface area contributed by atoms with Gasteiger partial charge in [0, 0.05) is 10.6 Å². The fraction of sp³-hybridized carbons (Fsp3) is 0.400. The van der Waals surface area contributed by atoms with E-state index >= 15 is 0 Å². The van der Waals surface area contributed by atoms with E-state index in [1.165, 1.54) is 0 Å². The molecule has 0 unspecified atom stereocenters. The van der Waals surface area contributed by atoms with E-state index in [0.29, 0.717) is 5.02 Å². The second-order valence-electron chi connectivity index (χ2n) is 3.56. The first kappa shape index (κ1) is 10.5. The number of rotatable bonds is 2. The Morgan fingerprint density at radius 2 is 2.00 bits per heavy atom. The monoisotopic (exact) mass is 199 g/mol. The van der Waals surface area contributed by atoms with Crippen LogP contribution in [0, 0.1) is 6.92 Å². The lowest BCUT2D eigenvalue weighted by molar-refractivity contribution is -0.0239. The third-order valence-corrected chi connectivity index (χ3v) is 2.43. The van der Waals surface area contributed by atoms with E-state index < -0.39 is 5.60 Å². The largest absolute Gasteiger partial charge is 0.294 e. The highest BCUT2D eigenvalue weighted by atomic mass is 35.5. The molecule has 1 rings (SSSR count). The Kier molecular flexibility index (Phi) is 2.96. The summed E-state index contributed by atoms with van der Waals surface area (Å²) in [6.45, 7) is 5.77. The molecule has 0 amide bonds. The highest BCUT2D eigenvalue weighted by Crippen LogP contribution is 2.32.